The molecule has 3 nitrogen and oxygen atoms in total. The molecule has 0 N–H and O–H groups in total. The minimum atomic E-state index is 0.335. The van der Waals surface area contributed by atoms with Crippen LogP contribution in [0.4, 0.5) is 0 Å². The van der Waals surface area contributed by atoms with Gasteiger partial charge < -0.3 is 4.74 Å². The Labute approximate surface area is 101 Å². The van der Waals surface area contributed by atoms with Gasteiger partial charge in [0.15, 0.2) is 5.15 Å². The SMILES string of the molecule is CC1CC=CCC1COc1nccnc1Cl. The molecule has 1 aliphatic carbocycles. The van der Waals surface area contributed by atoms with Crippen LogP contribution < -0.4 is 4.74 Å². The first-order chi connectivity index (χ1) is 7.77. The molecule has 0 fully saturated rings. The van der Waals surface area contributed by atoms with Gasteiger partial charge in [0.2, 0.25) is 0 Å². The number of hydrogen-bond acceptors (Lipinski definition) is 3. The van der Waals surface area contributed by atoms with E-state index in [1.54, 1.807) is 12.4 Å². The molecule has 2 atom stereocenters. The largest absolute Gasteiger partial charge is 0.475 e. The van der Waals surface area contributed by atoms with Crippen LogP contribution in [0.25, 0.3) is 0 Å². The van der Waals surface area contributed by atoms with E-state index in [0.717, 1.165) is 12.8 Å². The molecule has 0 aliphatic heterocycles. The monoisotopic (exact) mass is 238 g/mol. The van der Waals surface area contributed by atoms with Crippen LogP contribution in [-0.4, -0.2) is 16.6 Å². The van der Waals surface area contributed by atoms with Crippen LogP contribution in [-0.2, 0) is 0 Å². The number of halogens is 1. The van der Waals surface area contributed by atoms with E-state index in [1.165, 1.54) is 0 Å². The maximum absolute atomic E-state index is 5.87. The van der Waals surface area contributed by atoms with Gasteiger partial charge in [0.05, 0.1) is 6.61 Å². The van der Waals surface area contributed by atoms with Crippen LogP contribution in [0.2, 0.25) is 5.15 Å². The number of rotatable bonds is 3. The molecule has 0 saturated carbocycles. The van der Waals surface area contributed by atoms with Gasteiger partial charge in [0.1, 0.15) is 0 Å². The quantitative estimate of drug-likeness (QED) is 0.759. The Balaban J connectivity index is 1.92. The lowest BCUT2D eigenvalue weighted by Crippen LogP contribution is -2.21. The van der Waals surface area contributed by atoms with E-state index in [0.29, 0.717) is 29.5 Å². The second kappa shape index (κ2) is 5.30. The third-order valence-corrected chi connectivity index (χ3v) is 3.23. The summed E-state index contributed by atoms with van der Waals surface area (Å²) in [4.78, 5) is 7.98. The van der Waals surface area contributed by atoms with Gasteiger partial charge in [0.25, 0.3) is 5.88 Å². The molecular formula is C12H15ClN2O. The van der Waals surface area contributed by atoms with Crippen molar-refractivity contribution in [2.45, 2.75) is 19.8 Å². The minimum Gasteiger partial charge on any atom is -0.475 e. The third-order valence-electron chi connectivity index (χ3n) is 2.98. The molecule has 1 aromatic heterocycles. The predicted molar refractivity (Wildman–Crippen MR) is 63.6 cm³/mol. The summed E-state index contributed by atoms with van der Waals surface area (Å²) < 4.78 is 5.61. The van der Waals surface area contributed by atoms with Gasteiger partial charge in [-0.05, 0) is 24.7 Å². The topological polar surface area (TPSA) is 35.0 Å². The summed E-state index contributed by atoms with van der Waals surface area (Å²) in [6.07, 6.45) is 9.79. The molecule has 1 aromatic rings. The summed E-state index contributed by atoms with van der Waals surface area (Å²) in [6.45, 7) is 2.90. The van der Waals surface area contributed by atoms with E-state index in [9.17, 15) is 0 Å². The van der Waals surface area contributed by atoms with Crippen molar-refractivity contribution in [3.63, 3.8) is 0 Å². The van der Waals surface area contributed by atoms with Crippen molar-refractivity contribution < 1.29 is 4.74 Å². The van der Waals surface area contributed by atoms with Gasteiger partial charge in [-0.1, -0.05) is 30.7 Å². The summed E-state index contributed by atoms with van der Waals surface area (Å²) in [5, 5.41) is 0.335. The van der Waals surface area contributed by atoms with Gasteiger partial charge in [0, 0.05) is 12.4 Å². The number of aromatic nitrogens is 2. The highest BCUT2D eigenvalue weighted by Crippen LogP contribution is 2.26. The Morgan fingerprint density at radius 3 is 2.81 bits per heavy atom. The van der Waals surface area contributed by atoms with Crippen LogP contribution in [0, 0.1) is 11.8 Å². The van der Waals surface area contributed by atoms with E-state index in [2.05, 4.69) is 29.0 Å². The maximum atomic E-state index is 5.87. The standard InChI is InChI=1S/C12H15ClN2O/c1-9-4-2-3-5-10(9)8-16-12-11(13)14-6-7-15-12/h2-3,6-7,9-10H,4-5,8H2,1H3. The molecule has 0 amide bonds. The second-order valence-electron chi connectivity index (χ2n) is 4.14. The first-order valence-electron chi connectivity index (χ1n) is 5.51. The Bertz CT molecular complexity index is 381. The first kappa shape index (κ1) is 11.4. The summed E-state index contributed by atoms with van der Waals surface area (Å²) in [5.74, 6) is 1.63. The highest BCUT2D eigenvalue weighted by atomic mass is 35.5. The Morgan fingerprint density at radius 2 is 2.06 bits per heavy atom. The van der Waals surface area contributed by atoms with Gasteiger partial charge in [-0.15, -0.1) is 0 Å². The summed E-state index contributed by atoms with van der Waals surface area (Å²) in [7, 11) is 0. The van der Waals surface area contributed by atoms with Crippen molar-refractivity contribution in [1.29, 1.82) is 0 Å². The third kappa shape index (κ3) is 2.73. The fourth-order valence-corrected chi connectivity index (χ4v) is 1.99. The summed E-state index contributed by atoms with van der Waals surface area (Å²) in [5.41, 5.74) is 0. The lowest BCUT2D eigenvalue weighted by atomic mass is 9.85. The van der Waals surface area contributed by atoms with Crippen molar-refractivity contribution in [2.75, 3.05) is 6.61 Å². The molecule has 2 rings (SSSR count). The van der Waals surface area contributed by atoms with Gasteiger partial charge in [-0.3, -0.25) is 0 Å². The molecule has 0 bridgehead atoms. The van der Waals surface area contributed by atoms with E-state index in [4.69, 9.17) is 16.3 Å². The maximum Gasteiger partial charge on any atom is 0.252 e. The lowest BCUT2D eigenvalue weighted by Gasteiger charge is -2.24. The van der Waals surface area contributed by atoms with Crippen molar-refractivity contribution >= 4 is 11.6 Å². The zero-order valence-electron chi connectivity index (χ0n) is 9.27. The molecule has 2 unspecified atom stereocenters. The average molecular weight is 239 g/mol. The summed E-state index contributed by atoms with van der Waals surface area (Å²) in [6, 6.07) is 0. The van der Waals surface area contributed by atoms with E-state index in [-0.39, 0.29) is 0 Å². The van der Waals surface area contributed by atoms with Crippen molar-refractivity contribution in [2.24, 2.45) is 11.8 Å². The zero-order valence-corrected chi connectivity index (χ0v) is 10.0. The molecule has 1 aliphatic rings. The van der Waals surface area contributed by atoms with Crippen LogP contribution in [0.5, 0.6) is 5.88 Å². The average Bonchev–Trinajstić information content (AvgIpc) is 2.30. The van der Waals surface area contributed by atoms with Gasteiger partial charge in [-0.2, -0.15) is 0 Å². The number of nitrogens with zero attached hydrogens (tertiary/aromatic N) is 2. The fraction of sp³-hybridized carbons (Fsp3) is 0.500. The number of ether oxygens (including phenoxy) is 1. The number of hydrogen-bond donors (Lipinski definition) is 0. The Morgan fingerprint density at radius 1 is 1.31 bits per heavy atom. The van der Waals surface area contributed by atoms with Crippen LogP contribution in [0.15, 0.2) is 24.5 Å². The van der Waals surface area contributed by atoms with Crippen LogP contribution in [0.1, 0.15) is 19.8 Å². The molecule has 1 heterocycles. The molecule has 86 valence electrons. The van der Waals surface area contributed by atoms with E-state index in [1.807, 2.05) is 0 Å². The van der Waals surface area contributed by atoms with Crippen LogP contribution in [0.3, 0.4) is 0 Å². The normalized spacial score (nSPS) is 24.4. The highest BCUT2D eigenvalue weighted by molar-refractivity contribution is 6.30. The molecule has 0 spiro atoms. The van der Waals surface area contributed by atoms with E-state index < -0.39 is 0 Å². The second-order valence-corrected chi connectivity index (χ2v) is 4.50. The van der Waals surface area contributed by atoms with Crippen LogP contribution >= 0.6 is 11.6 Å². The van der Waals surface area contributed by atoms with Gasteiger partial charge >= 0.3 is 0 Å². The Hall–Kier alpha value is -1.09. The Kier molecular flexibility index (Phi) is 3.78. The number of allylic oxidation sites excluding steroid dienone is 2. The lowest BCUT2D eigenvalue weighted by molar-refractivity contribution is 0.192. The van der Waals surface area contributed by atoms with Crippen molar-refractivity contribution in [3.05, 3.63) is 29.7 Å². The molecule has 0 radical (unpaired) electrons. The van der Waals surface area contributed by atoms with Crippen molar-refractivity contribution in [1.82, 2.24) is 9.97 Å². The summed E-state index contributed by atoms with van der Waals surface area (Å²) >= 11 is 5.87. The van der Waals surface area contributed by atoms with Crippen molar-refractivity contribution in [3.8, 4) is 5.88 Å². The molecule has 4 heteroatoms. The van der Waals surface area contributed by atoms with Gasteiger partial charge in [-0.25, -0.2) is 9.97 Å². The fourth-order valence-electron chi connectivity index (χ4n) is 1.83. The minimum absolute atomic E-state index is 0.335. The van der Waals surface area contributed by atoms with E-state index >= 15 is 0 Å². The molecule has 16 heavy (non-hydrogen) atoms. The zero-order chi connectivity index (χ0) is 11.4. The molecular weight excluding hydrogens is 224 g/mol. The highest BCUT2D eigenvalue weighted by Gasteiger charge is 2.19. The predicted octanol–water partition coefficient (Wildman–Crippen LogP) is 3.11. The first-order valence-corrected chi connectivity index (χ1v) is 5.89. The smallest absolute Gasteiger partial charge is 0.252 e. The molecule has 0 saturated heterocycles. The molecule has 0 aromatic carbocycles.